The van der Waals surface area contributed by atoms with Crippen LogP contribution in [0.25, 0.3) is 0 Å². The van der Waals surface area contributed by atoms with Crippen LogP contribution in [0.15, 0.2) is 18.2 Å². The van der Waals surface area contributed by atoms with Gasteiger partial charge in [-0.15, -0.1) is 0 Å². The molecule has 1 saturated heterocycles. The van der Waals surface area contributed by atoms with Crippen molar-refractivity contribution in [2.45, 2.75) is 38.6 Å². The van der Waals surface area contributed by atoms with Gasteiger partial charge in [0.2, 0.25) is 5.91 Å². The summed E-state index contributed by atoms with van der Waals surface area (Å²) in [6, 6.07) is 4.61. The van der Waals surface area contributed by atoms with E-state index in [0.717, 1.165) is 32.2 Å². The molecule has 1 heterocycles. The quantitative estimate of drug-likeness (QED) is 0.847. The molecule has 4 heteroatoms. The monoisotopic (exact) mass is 250 g/mol. The SMILES string of the molecule is Cc1ccc(NC(=O)C2CCCCCN2)cc1F. The second kappa shape index (κ2) is 5.96. The highest BCUT2D eigenvalue weighted by Gasteiger charge is 2.19. The van der Waals surface area contributed by atoms with E-state index < -0.39 is 0 Å². The first-order valence-electron chi connectivity index (χ1n) is 6.47. The molecule has 1 amide bonds. The molecule has 3 nitrogen and oxygen atoms in total. The summed E-state index contributed by atoms with van der Waals surface area (Å²) in [5.74, 6) is -0.359. The third-order valence-electron chi connectivity index (χ3n) is 3.32. The van der Waals surface area contributed by atoms with E-state index in [9.17, 15) is 9.18 Å². The number of carbonyl (C=O) groups is 1. The fourth-order valence-electron chi connectivity index (χ4n) is 2.15. The van der Waals surface area contributed by atoms with Crippen LogP contribution in [0.3, 0.4) is 0 Å². The Morgan fingerprint density at radius 2 is 2.22 bits per heavy atom. The summed E-state index contributed by atoms with van der Waals surface area (Å²) >= 11 is 0. The Morgan fingerprint density at radius 3 is 3.00 bits per heavy atom. The zero-order valence-electron chi connectivity index (χ0n) is 10.6. The van der Waals surface area contributed by atoms with Crippen LogP contribution in [0, 0.1) is 12.7 Å². The maximum Gasteiger partial charge on any atom is 0.241 e. The van der Waals surface area contributed by atoms with Gasteiger partial charge in [-0.25, -0.2) is 4.39 Å². The molecule has 1 aromatic carbocycles. The minimum Gasteiger partial charge on any atom is -0.325 e. The van der Waals surface area contributed by atoms with Gasteiger partial charge < -0.3 is 10.6 Å². The normalized spacial score (nSPS) is 20.2. The van der Waals surface area contributed by atoms with Crippen LogP contribution >= 0.6 is 0 Å². The summed E-state index contributed by atoms with van der Waals surface area (Å²) in [5.41, 5.74) is 1.11. The number of anilines is 1. The van der Waals surface area contributed by atoms with Crippen molar-refractivity contribution < 1.29 is 9.18 Å². The molecule has 2 rings (SSSR count). The molecular formula is C14H19FN2O. The van der Waals surface area contributed by atoms with Gasteiger partial charge in [-0.1, -0.05) is 18.9 Å². The lowest BCUT2D eigenvalue weighted by atomic mass is 10.1. The van der Waals surface area contributed by atoms with Gasteiger partial charge >= 0.3 is 0 Å². The van der Waals surface area contributed by atoms with Crippen molar-refractivity contribution >= 4 is 11.6 Å². The lowest BCUT2D eigenvalue weighted by molar-refractivity contribution is -0.118. The Bertz CT molecular complexity index is 426. The first-order valence-corrected chi connectivity index (χ1v) is 6.47. The maximum atomic E-state index is 13.4. The predicted molar refractivity (Wildman–Crippen MR) is 70.0 cm³/mol. The van der Waals surface area contributed by atoms with Crippen molar-refractivity contribution in [3.63, 3.8) is 0 Å². The summed E-state index contributed by atoms with van der Waals surface area (Å²) in [5, 5.41) is 5.99. The van der Waals surface area contributed by atoms with Crippen LogP contribution in [-0.2, 0) is 4.79 Å². The molecule has 0 aliphatic carbocycles. The van der Waals surface area contributed by atoms with Gasteiger partial charge in [0.1, 0.15) is 5.82 Å². The standard InChI is InChI=1S/C14H19FN2O/c1-10-6-7-11(9-12(10)15)17-14(18)13-5-3-2-4-8-16-13/h6-7,9,13,16H,2-5,8H2,1H3,(H,17,18). The summed E-state index contributed by atoms with van der Waals surface area (Å²) in [7, 11) is 0. The molecule has 1 aromatic rings. The molecule has 18 heavy (non-hydrogen) atoms. The van der Waals surface area contributed by atoms with Crippen LogP contribution in [0.5, 0.6) is 0 Å². The number of aryl methyl sites for hydroxylation is 1. The average molecular weight is 250 g/mol. The summed E-state index contributed by atoms with van der Waals surface area (Å²) in [6.07, 6.45) is 4.19. The van der Waals surface area contributed by atoms with E-state index in [1.807, 2.05) is 0 Å². The average Bonchev–Trinajstić information content (AvgIpc) is 2.62. The number of carbonyl (C=O) groups excluding carboxylic acids is 1. The molecule has 1 atom stereocenters. The second-order valence-corrected chi connectivity index (χ2v) is 4.81. The topological polar surface area (TPSA) is 41.1 Å². The lowest BCUT2D eigenvalue weighted by Crippen LogP contribution is -2.39. The first kappa shape index (κ1) is 13.0. The van der Waals surface area contributed by atoms with Gasteiger partial charge in [-0.2, -0.15) is 0 Å². The number of nitrogens with one attached hydrogen (secondary N) is 2. The molecule has 2 N–H and O–H groups in total. The molecule has 0 radical (unpaired) electrons. The van der Waals surface area contributed by atoms with Crippen molar-refractivity contribution in [1.29, 1.82) is 0 Å². The van der Waals surface area contributed by atoms with Crippen molar-refractivity contribution in [3.05, 3.63) is 29.6 Å². The van der Waals surface area contributed by atoms with Gasteiger partial charge in [0.15, 0.2) is 0 Å². The highest BCUT2D eigenvalue weighted by molar-refractivity contribution is 5.94. The van der Waals surface area contributed by atoms with E-state index in [1.54, 1.807) is 19.1 Å². The van der Waals surface area contributed by atoms with Crippen molar-refractivity contribution in [2.75, 3.05) is 11.9 Å². The molecule has 1 aliphatic rings. The third-order valence-corrected chi connectivity index (χ3v) is 3.32. The number of benzene rings is 1. The molecule has 0 bridgehead atoms. The number of amides is 1. The highest BCUT2D eigenvalue weighted by Crippen LogP contribution is 2.15. The molecule has 1 unspecified atom stereocenters. The first-order chi connectivity index (χ1) is 8.66. The van der Waals surface area contributed by atoms with Crippen LogP contribution in [0.2, 0.25) is 0 Å². The van der Waals surface area contributed by atoms with Crippen molar-refractivity contribution in [1.82, 2.24) is 5.32 Å². The van der Waals surface area contributed by atoms with Crippen molar-refractivity contribution in [2.24, 2.45) is 0 Å². The smallest absolute Gasteiger partial charge is 0.241 e. The minimum absolute atomic E-state index is 0.0693. The van der Waals surface area contributed by atoms with Crippen LogP contribution in [0.1, 0.15) is 31.2 Å². The van der Waals surface area contributed by atoms with Gasteiger partial charge in [0.05, 0.1) is 6.04 Å². The van der Waals surface area contributed by atoms with Gasteiger partial charge in [-0.3, -0.25) is 4.79 Å². The molecule has 0 saturated carbocycles. The predicted octanol–water partition coefficient (Wildman–Crippen LogP) is 2.60. The van der Waals surface area contributed by atoms with Crippen LogP contribution in [0.4, 0.5) is 10.1 Å². The molecule has 1 fully saturated rings. The van der Waals surface area contributed by atoms with Gasteiger partial charge in [-0.05, 0) is 44.0 Å². The molecule has 0 spiro atoms. The maximum absolute atomic E-state index is 13.4. The molecular weight excluding hydrogens is 231 g/mol. The van der Waals surface area contributed by atoms with Crippen LogP contribution < -0.4 is 10.6 Å². The van der Waals surface area contributed by atoms with E-state index in [4.69, 9.17) is 0 Å². The lowest BCUT2D eigenvalue weighted by Gasteiger charge is -2.15. The minimum atomic E-state index is -0.290. The summed E-state index contributed by atoms with van der Waals surface area (Å²) in [6.45, 7) is 2.58. The zero-order valence-corrected chi connectivity index (χ0v) is 10.6. The molecule has 98 valence electrons. The van der Waals surface area contributed by atoms with E-state index in [2.05, 4.69) is 10.6 Å². The largest absolute Gasteiger partial charge is 0.325 e. The fraction of sp³-hybridized carbons (Fsp3) is 0.500. The van der Waals surface area contributed by atoms with Crippen LogP contribution in [-0.4, -0.2) is 18.5 Å². The van der Waals surface area contributed by atoms with E-state index in [1.165, 1.54) is 6.07 Å². The highest BCUT2D eigenvalue weighted by atomic mass is 19.1. The van der Waals surface area contributed by atoms with E-state index >= 15 is 0 Å². The number of hydrogen-bond donors (Lipinski definition) is 2. The number of halogens is 1. The Labute approximate surface area is 107 Å². The Hall–Kier alpha value is -1.42. The number of hydrogen-bond acceptors (Lipinski definition) is 2. The third kappa shape index (κ3) is 3.29. The zero-order chi connectivity index (χ0) is 13.0. The fourth-order valence-corrected chi connectivity index (χ4v) is 2.15. The van der Waals surface area contributed by atoms with Gasteiger partial charge in [0, 0.05) is 5.69 Å². The van der Waals surface area contributed by atoms with Crippen molar-refractivity contribution in [3.8, 4) is 0 Å². The van der Waals surface area contributed by atoms with Gasteiger partial charge in [0.25, 0.3) is 0 Å². The van der Waals surface area contributed by atoms with E-state index in [0.29, 0.717) is 11.3 Å². The Kier molecular flexibility index (Phi) is 4.31. The Balaban J connectivity index is 1.99. The second-order valence-electron chi connectivity index (χ2n) is 4.81. The summed E-state index contributed by atoms with van der Waals surface area (Å²) < 4.78 is 13.4. The summed E-state index contributed by atoms with van der Waals surface area (Å²) in [4.78, 5) is 12.0. The molecule has 0 aromatic heterocycles. The van der Waals surface area contributed by atoms with E-state index in [-0.39, 0.29) is 17.8 Å². The number of rotatable bonds is 2. The molecule has 1 aliphatic heterocycles. The Morgan fingerprint density at radius 1 is 1.39 bits per heavy atom.